The van der Waals surface area contributed by atoms with Gasteiger partial charge in [0.2, 0.25) is 0 Å². The van der Waals surface area contributed by atoms with Gasteiger partial charge in [-0.25, -0.2) is 4.39 Å². The Kier molecular flexibility index (Phi) is 6.44. The molecular formula is C24H26FN3O5. The quantitative estimate of drug-likeness (QED) is 0.439. The standard InChI is InChI=1S/C24H26FN3O5/c1-12-18(10-16-15-9-14(25)6-7-17(15)27-23(16)30)26-13(2)21(12)24(31)28-19-11-33-20(22(19)29)5-4-8-32-3/h6-7,9-10,19-20,26H,4-5,8,11H2,1-3H3,(H,27,30)(H,28,31)/b16-10-. The fourth-order valence-corrected chi connectivity index (χ4v) is 4.29. The van der Waals surface area contributed by atoms with Crippen LogP contribution in [0.2, 0.25) is 0 Å². The lowest BCUT2D eigenvalue weighted by Gasteiger charge is -2.11. The Hall–Kier alpha value is -3.30. The predicted octanol–water partition coefficient (Wildman–Crippen LogP) is 2.76. The van der Waals surface area contributed by atoms with E-state index in [4.69, 9.17) is 9.47 Å². The molecule has 2 aliphatic heterocycles. The monoisotopic (exact) mass is 455 g/mol. The Morgan fingerprint density at radius 1 is 1.33 bits per heavy atom. The van der Waals surface area contributed by atoms with Gasteiger partial charge in [-0.1, -0.05) is 0 Å². The topological polar surface area (TPSA) is 110 Å². The summed E-state index contributed by atoms with van der Waals surface area (Å²) in [4.78, 5) is 41.1. The van der Waals surface area contributed by atoms with E-state index < -0.39 is 23.9 Å². The molecule has 33 heavy (non-hydrogen) atoms. The second kappa shape index (κ2) is 9.29. The number of ketones is 1. The molecule has 0 saturated carbocycles. The van der Waals surface area contributed by atoms with Crippen molar-refractivity contribution < 1.29 is 28.2 Å². The zero-order valence-corrected chi connectivity index (χ0v) is 18.7. The van der Waals surface area contributed by atoms with Crippen LogP contribution in [0.5, 0.6) is 0 Å². The molecule has 1 aromatic heterocycles. The van der Waals surface area contributed by atoms with Crippen LogP contribution in [0.3, 0.4) is 0 Å². The van der Waals surface area contributed by atoms with Crippen LogP contribution in [0.25, 0.3) is 11.6 Å². The van der Waals surface area contributed by atoms with E-state index in [-0.39, 0.29) is 18.3 Å². The molecule has 1 aromatic carbocycles. The fraction of sp³-hybridized carbons (Fsp3) is 0.375. The van der Waals surface area contributed by atoms with E-state index in [0.717, 1.165) is 0 Å². The normalized spacial score (nSPS) is 20.9. The molecule has 0 bridgehead atoms. The van der Waals surface area contributed by atoms with Gasteiger partial charge < -0.3 is 25.1 Å². The number of anilines is 1. The van der Waals surface area contributed by atoms with Crippen LogP contribution in [0.4, 0.5) is 10.1 Å². The van der Waals surface area contributed by atoms with E-state index in [1.807, 2.05) is 0 Å². The fourth-order valence-electron chi connectivity index (χ4n) is 4.29. The molecule has 9 heteroatoms. The van der Waals surface area contributed by atoms with Crippen molar-refractivity contribution in [3.8, 4) is 0 Å². The third-order valence-electron chi connectivity index (χ3n) is 6.00. The number of methoxy groups -OCH3 is 1. The molecule has 2 aromatic rings. The number of Topliss-reactive ketones (excluding diaryl/α,β-unsaturated/α-hetero) is 1. The Morgan fingerprint density at radius 2 is 2.12 bits per heavy atom. The van der Waals surface area contributed by atoms with Crippen molar-refractivity contribution in [1.82, 2.24) is 10.3 Å². The Bertz CT molecular complexity index is 1150. The van der Waals surface area contributed by atoms with Gasteiger partial charge in [0.1, 0.15) is 18.0 Å². The van der Waals surface area contributed by atoms with E-state index in [1.54, 1.807) is 27.0 Å². The number of aromatic nitrogens is 1. The highest BCUT2D eigenvalue weighted by molar-refractivity contribution is 6.34. The molecule has 8 nitrogen and oxygen atoms in total. The number of fused-ring (bicyclic) bond motifs is 1. The first-order valence-electron chi connectivity index (χ1n) is 10.8. The summed E-state index contributed by atoms with van der Waals surface area (Å²) in [6, 6.07) is 3.38. The first kappa shape index (κ1) is 22.9. The first-order chi connectivity index (χ1) is 15.8. The second-order valence-electron chi connectivity index (χ2n) is 8.25. The van der Waals surface area contributed by atoms with E-state index in [1.165, 1.54) is 18.2 Å². The van der Waals surface area contributed by atoms with Crippen LogP contribution in [-0.2, 0) is 19.1 Å². The molecule has 2 aliphatic rings. The van der Waals surface area contributed by atoms with Gasteiger partial charge in [-0.3, -0.25) is 14.4 Å². The summed E-state index contributed by atoms with van der Waals surface area (Å²) in [6.45, 7) is 4.17. The number of rotatable bonds is 7. The highest BCUT2D eigenvalue weighted by Gasteiger charge is 2.36. The molecule has 2 atom stereocenters. The van der Waals surface area contributed by atoms with Crippen molar-refractivity contribution in [2.24, 2.45) is 0 Å². The van der Waals surface area contributed by atoms with Crippen LogP contribution in [0.15, 0.2) is 18.2 Å². The van der Waals surface area contributed by atoms with Gasteiger partial charge in [-0.15, -0.1) is 0 Å². The van der Waals surface area contributed by atoms with Crippen molar-refractivity contribution >= 4 is 34.9 Å². The van der Waals surface area contributed by atoms with E-state index in [2.05, 4.69) is 15.6 Å². The average molecular weight is 455 g/mol. The summed E-state index contributed by atoms with van der Waals surface area (Å²) in [5, 5.41) is 5.48. The molecular weight excluding hydrogens is 429 g/mol. The molecule has 1 fully saturated rings. The Morgan fingerprint density at radius 3 is 2.88 bits per heavy atom. The van der Waals surface area contributed by atoms with Gasteiger partial charge >= 0.3 is 0 Å². The Balaban J connectivity index is 1.53. The number of carbonyl (C=O) groups is 3. The van der Waals surface area contributed by atoms with Crippen molar-refractivity contribution in [2.75, 3.05) is 25.6 Å². The summed E-state index contributed by atoms with van der Waals surface area (Å²) < 4.78 is 24.3. The highest BCUT2D eigenvalue weighted by Crippen LogP contribution is 2.34. The summed E-state index contributed by atoms with van der Waals surface area (Å²) in [6.07, 6.45) is 2.31. The number of ether oxygens (including phenoxy) is 2. The summed E-state index contributed by atoms with van der Waals surface area (Å²) in [7, 11) is 1.60. The van der Waals surface area contributed by atoms with Gasteiger partial charge in [0.25, 0.3) is 11.8 Å². The minimum atomic E-state index is -0.712. The van der Waals surface area contributed by atoms with Crippen LogP contribution < -0.4 is 10.6 Å². The van der Waals surface area contributed by atoms with Crippen LogP contribution in [-0.4, -0.2) is 55.1 Å². The average Bonchev–Trinajstić information content (AvgIpc) is 3.37. The molecule has 3 N–H and O–H groups in total. The number of benzene rings is 1. The molecule has 2 unspecified atom stereocenters. The lowest BCUT2D eigenvalue weighted by molar-refractivity contribution is -0.123. The molecule has 3 heterocycles. The molecule has 0 spiro atoms. The maximum atomic E-state index is 13.7. The van der Waals surface area contributed by atoms with E-state index in [9.17, 15) is 18.8 Å². The maximum absolute atomic E-state index is 13.7. The maximum Gasteiger partial charge on any atom is 0.256 e. The number of hydrogen-bond acceptors (Lipinski definition) is 5. The van der Waals surface area contributed by atoms with E-state index >= 15 is 0 Å². The molecule has 4 rings (SSSR count). The zero-order chi connectivity index (χ0) is 23.7. The summed E-state index contributed by atoms with van der Waals surface area (Å²) in [5.41, 5.74) is 3.48. The minimum Gasteiger partial charge on any atom is -0.385 e. The largest absolute Gasteiger partial charge is 0.385 e. The van der Waals surface area contributed by atoms with Gasteiger partial charge in [-0.05, 0) is 56.5 Å². The lowest BCUT2D eigenvalue weighted by atomic mass is 10.0. The number of aromatic amines is 1. The predicted molar refractivity (Wildman–Crippen MR) is 120 cm³/mol. The van der Waals surface area contributed by atoms with Crippen LogP contribution >= 0.6 is 0 Å². The van der Waals surface area contributed by atoms with Crippen LogP contribution in [0, 0.1) is 19.7 Å². The van der Waals surface area contributed by atoms with Gasteiger partial charge in [0, 0.05) is 36.4 Å². The molecule has 1 saturated heterocycles. The number of amides is 2. The van der Waals surface area contributed by atoms with Gasteiger partial charge in [0.05, 0.1) is 17.7 Å². The zero-order valence-electron chi connectivity index (χ0n) is 18.7. The second-order valence-corrected chi connectivity index (χ2v) is 8.25. The molecule has 2 amide bonds. The van der Waals surface area contributed by atoms with Gasteiger partial charge in [0.15, 0.2) is 5.78 Å². The van der Waals surface area contributed by atoms with Crippen molar-refractivity contribution in [2.45, 2.75) is 38.8 Å². The summed E-state index contributed by atoms with van der Waals surface area (Å²) in [5.74, 6) is -1.33. The van der Waals surface area contributed by atoms with Crippen LogP contribution in [0.1, 0.15) is 45.7 Å². The Labute approximate surface area is 190 Å². The summed E-state index contributed by atoms with van der Waals surface area (Å²) >= 11 is 0. The van der Waals surface area contributed by atoms with Crippen molar-refractivity contribution in [3.63, 3.8) is 0 Å². The van der Waals surface area contributed by atoms with Gasteiger partial charge in [-0.2, -0.15) is 0 Å². The molecule has 174 valence electrons. The van der Waals surface area contributed by atoms with Crippen molar-refractivity contribution in [1.29, 1.82) is 0 Å². The SMILES string of the molecule is COCCCC1OCC(NC(=O)c2c(C)[nH]c(/C=C3\C(=O)Nc4ccc(F)cc43)c2C)C1=O. The molecule has 0 radical (unpaired) electrons. The number of aryl methyl sites for hydroxylation is 1. The lowest BCUT2D eigenvalue weighted by Crippen LogP contribution is -2.41. The number of nitrogens with one attached hydrogen (secondary N) is 3. The number of halogens is 1. The minimum absolute atomic E-state index is 0.129. The van der Waals surface area contributed by atoms with E-state index in [0.29, 0.717) is 58.8 Å². The molecule has 0 aliphatic carbocycles. The highest BCUT2D eigenvalue weighted by atomic mass is 19.1. The number of hydrogen-bond donors (Lipinski definition) is 3. The third kappa shape index (κ3) is 4.46. The third-order valence-corrected chi connectivity index (χ3v) is 6.00. The van der Waals surface area contributed by atoms with Crippen molar-refractivity contribution in [3.05, 3.63) is 52.1 Å². The smallest absolute Gasteiger partial charge is 0.256 e. The number of H-pyrrole nitrogens is 1. The number of carbonyl (C=O) groups excluding carboxylic acids is 3. The first-order valence-corrected chi connectivity index (χ1v) is 10.8.